The number of piperidine rings is 1. The first-order valence-corrected chi connectivity index (χ1v) is 6.06. The molecule has 1 fully saturated rings. The highest BCUT2D eigenvalue weighted by molar-refractivity contribution is 5.50. The number of H-pyrrole nitrogens is 1. The number of hydrogen-bond donors (Lipinski definition) is 2. The maximum absolute atomic E-state index is 11.3. The molecular weight excluding hydrogens is 234 g/mol. The van der Waals surface area contributed by atoms with E-state index < -0.39 is 0 Å². The summed E-state index contributed by atoms with van der Waals surface area (Å²) in [5.41, 5.74) is 0.303. The lowest BCUT2D eigenvalue weighted by molar-refractivity contribution is 0.203. The monoisotopic (exact) mass is 249 g/mol. The van der Waals surface area contributed by atoms with Crippen LogP contribution in [-0.4, -0.2) is 44.4 Å². The van der Waals surface area contributed by atoms with Crippen LogP contribution in [0.15, 0.2) is 17.2 Å². The molecule has 18 heavy (non-hydrogen) atoms. The van der Waals surface area contributed by atoms with Crippen LogP contribution in [0.3, 0.4) is 0 Å². The Morgan fingerprint density at radius 1 is 1.44 bits per heavy atom. The lowest BCUT2D eigenvalue weighted by atomic mass is 9.98. The number of aromatic nitrogens is 4. The van der Waals surface area contributed by atoms with Gasteiger partial charge in [0.05, 0.1) is 0 Å². The van der Waals surface area contributed by atoms with Crippen molar-refractivity contribution in [1.82, 2.24) is 19.6 Å². The second-order valence-corrected chi connectivity index (χ2v) is 4.62. The summed E-state index contributed by atoms with van der Waals surface area (Å²) in [5, 5.41) is 15.4. The van der Waals surface area contributed by atoms with E-state index in [1.807, 2.05) is 0 Å². The van der Waals surface area contributed by atoms with Crippen LogP contribution in [0.5, 0.6) is 0 Å². The van der Waals surface area contributed by atoms with E-state index in [-0.39, 0.29) is 12.3 Å². The van der Waals surface area contributed by atoms with E-state index in [4.69, 9.17) is 5.11 Å². The number of aliphatic hydroxyl groups is 1. The van der Waals surface area contributed by atoms with Crippen LogP contribution < -0.4 is 10.6 Å². The van der Waals surface area contributed by atoms with Gasteiger partial charge in [-0.1, -0.05) is 0 Å². The number of aliphatic hydroxyl groups excluding tert-OH is 1. The quantitative estimate of drug-likeness (QED) is 0.758. The van der Waals surface area contributed by atoms with E-state index in [0.717, 1.165) is 31.7 Å². The Hall–Kier alpha value is -1.89. The van der Waals surface area contributed by atoms with Gasteiger partial charge in [-0.25, -0.2) is 19.3 Å². The SMILES string of the molecule is O=c1[nH]nc2cc(N3CCC(CO)CC3)ncn12. The molecule has 0 spiro atoms. The molecule has 2 N–H and O–H groups in total. The number of fused-ring (bicyclic) bond motifs is 1. The average molecular weight is 249 g/mol. The lowest BCUT2D eigenvalue weighted by Crippen LogP contribution is -2.35. The van der Waals surface area contributed by atoms with Gasteiger partial charge in [0.2, 0.25) is 0 Å². The van der Waals surface area contributed by atoms with Gasteiger partial charge in [-0.15, -0.1) is 0 Å². The molecule has 2 aromatic heterocycles. The van der Waals surface area contributed by atoms with Crippen LogP contribution in [0, 0.1) is 5.92 Å². The van der Waals surface area contributed by atoms with Gasteiger partial charge in [-0.3, -0.25) is 0 Å². The van der Waals surface area contributed by atoms with Crippen LogP contribution in [-0.2, 0) is 0 Å². The first-order valence-electron chi connectivity index (χ1n) is 6.06. The Labute approximate surface area is 103 Å². The molecule has 7 heteroatoms. The topological polar surface area (TPSA) is 86.5 Å². The Morgan fingerprint density at radius 2 is 2.22 bits per heavy atom. The highest BCUT2D eigenvalue weighted by Gasteiger charge is 2.19. The standard InChI is InChI=1S/C11H15N5O2/c17-6-8-1-3-15(4-2-8)9-5-10-13-14-11(18)16(10)7-12-9/h5,7-8,17H,1-4,6H2,(H,14,18). The van der Waals surface area contributed by atoms with Gasteiger partial charge >= 0.3 is 5.69 Å². The van der Waals surface area contributed by atoms with Crippen LogP contribution in [0.2, 0.25) is 0 Å². The number of anilines is 1. The fourth-order valence-corrected chi connectivity index (χ4v) is 2.32. The molecule has 7 nitrogen and oxygen atoms in total. The summed E-state index contributed by atoms with van der Waals surface area (Å²) >= 11 is 0. The molecule has 3 rings (SSSR count). The Balaban J connectivity index is 1.84. The van der Waals surface area contributed by atoms with E-state index in [0.29, 0.717) is 11.6 Å². The minimum absolute atomic E-state index is 0.259. The molecule has 0 aromatic carbocycles. The number of aromatic amines is 1. The fraction of sp³-hybridized carbons (Fsp3) is 0.545. The van der Waals surface area contributed by atoms with E-state index in [2.05, 4.69) is 20.1 Å². The zero-order valence-corrected chi connectivity index (χ0v) is 9.91. The summed E-state index contributed by atoms with van der Waals surface area (Å²) in [6.45, 7) is 2.02. The summed E-state index contributed by atoms with van der Waals surface area (Å²) in [7, 11) is 0. The van der Waals surface area contributed by atoms with Crippen LogP contribution in [0.25, 0.3) is 5.65 Å². The number of nitrogens with one attached hydrogen (secondary N) is 1. The van der Waals surface area contributed by atoms with Gasteiger partial charge in [0, 0.05) is 25.8 Å². The molecule has 0 bridgehead atoms. The predicted molar refractivity (Wildman–Crippen MR) is 65.6 cm³/mol. The summed E-state index contributed by atoms with van der Waals surface area (Å²) in [6, 6.07) is 1.80. The highest BCUT2D eigenvalue weighted by atomic mass is 16.3. The number of nitrogens with zero attached hydrogens (tertiary/aromatic N) is 4. The summed E-state index contributed by atoms with van der Waals surface area (Å²) < 4.78 is 1.38. The minimum atomic E-state index is -0.275. The van der Waals surface area contributed by atoms with Crippen LogP contribution in [0.1, 0.15) is 12.8 Å². The van der Waals surface area contributed by atoms with Crippen LogP contribution in [0.4, 0.5) is 5.82 Å². The smallest absolute Gasteiger partial charge is 0.348 e. The normalized spacial score (nSPS) is 17.5. The van der Waals surface area contributed by atoms with Crippen molar-refractivity contribution in [3.05, 3.63) is 22.9 Å². The maximum atomic E-state index is 11.3. The molecule has 0 amide bonds. The van der Waals surface area contributed by atoms with Gasteiger partial charge < -0.3 is 10.0 Å². The van der Waals surface area contributed by atoms with E-state index >= 15 is 0 Å². The van der Waals surface area contributed by atoms with Crippen LogP contribution >= 0.6 is 0 Å². The van der Waals surface area contributed by atoms with Crippen molar-refractivity contribution < 1.29 is 5.11 Å². The van der Waals surface area contributed by atoms with E-state index in [9.17, 15) is 4.79 Å². The summed E-state index contributed by atoms with van der Waals surface area (Å²) in [4.78, 5) is 17.8. The molecule has 1 saturated heterocycles. The fourth-order valence-electron chi connectivity index (χ4n) is 2.32. The zero-order chi connectivity index (χ0) is 12.5. The average Bonchev–Trinajstić information content (AvgIpc) is 2.80. The summed E-state index contributed by atoms with van der Waals surface area (Å²) in [6.07, 6.45) is 3.43. The predicted octanol–water partition coefficient (Wildman–Crippen LogP) is -0.374. The third-order valence-electron chi connectivity index (χ3n) is 3.49. The Bertz CT molecular complexity index is 597. The zero-order valence-electron chi connectivity index (χ0n) is 9.91. The van der Waals surface area contributed by atoms with E-state index in [1.54, 1.807) is 6.07 Å². The molecule has 0 aliphatic carbocycles. The molecule has 1 aliphatic heterocycles. The van der Waals surface area contributed by atoms with Crippen molar-refractivity contribution in [2.75, 3.05) is 24.6 Å². The Kier molecular flexibility index (Phi) is 2.75. The minimum Gasteiger partial charge on any atom is -0.396 e. The number of hydrogen-bond acceptors (Lipinski definition) is 5. The van der Waals surface area contributed by atoms with Crippen molar-refractivity contribution in [3.8, 4) is 0 Å². The van der Waals surface area contributed by atoms with Gasteiger partial charge in [-0.05, 0) is 18.8 Å². The van der Waals surface area contributed by atoms with Crippen molar-refractivity contribution in [2.24, 2.45) is 5.92 Å². The van der Waals surface area contributed by atoms with Gasteiger partial charge in [-0.2, -0.15) is 5.10 Å². The molecule has 2 aromatic rings. The largest absolute Gasteiger partial charge is 0.396 e. The molecule has 96 valence electrons. The Morgan fingerprint density at radius 3 is 2.94 bits per heavy atom. The van der Waals surface area contributed by atoms with Crippen molar-refractivity contribution in [2.45, 2.75) is 12.8 Å². The first kappa shape index (κ1) is 11.2. The van der Waals surface area contributed by atoms with Crippen molar-refractivity contribution in [3.63, 3.8) is 0 Å². The maximum Gasteiger partial charge on any atom is 0.348 e. The van der Waals surface area contributed by atoms with Gasteiger partial charge in [0.1, 0.15) is 12.1 Å². The lowest BCUT2D eigenvalue weighted by Gasteiger charge is -2.31. The molecule has 0 unspecified atom stereocenters. The molecule has 1 aliphatic rings. The summed E-state index contributed by atoms with van der Waals surface area (Å²) in [5.74, 6) is 1.23. The first-order chi connectivity index (χ1) is 8.78. The molecule has 0 radical (unpaired) electrons. The highest BCUT2D eigenvalue weighted by Crippen LogP contribution is 2.21. The molecular formula is C11H15N5O2. The molecule has 0 atom stereocenters. The molecule has 0 saturated carbocycles. The van der Waals surface area contributed by atoms with Crippen molar-refractivity contribution in [1.29, 1.82) is 0 Å². The second-order valence-electron chi connectivity index (χ2n) is 4.62. The number of rotatable bonds is 2. The van der Waals surface area contributed by atoms with Crippen molar-refractivity contribution >= 4 is 11.5 Å². The molecule has 3 heterocycles. The third-order valence-corrected chi connectivity index (χ3v) is 3.49. The van der Waals surface area contributed by atoms with Gasteiger partial charge in [0.15, 0.2) is 5.65 Å². The van der Waals surface area contributed by atoms with E-state index in [1.165, 1.54) is 10.7 Å². The third kappa shape index (κ3) is 1.86. The second kappa shape index (κ2) is 4.41. The van der Waals surface area contributed by atoms with Gasteiger partial charge in [0.25, 0.3) is 0 Å².